The molecule has 1 fully saturated rings. The second kappa shape index (κ2) is 6.70. The summed E-state index contributed by atoms with van der Waals surface area (Å²) in [5.41, 5.74) is 0.920. The van der Waals surface area contributed by atoms with Gasteiger partial charge in [-0.15, -0.1) is 0 Å². The van der Waals surface area contributed by atoms with E-state index in [0.29, 0.717) is 12.3 Å². The van der Waals surface area contributed by atoms with E-state index in [1.165, 1.54) is 0 Å². The number of carbonyl (C=O) groups excluding carboxylic acids is 1. The fraction of sp³-hybridized carbons (Fsp3) is 0.714. The van der Waals surface area contributed by atoms with Gasteiger partial charge in [0.25, 0.3) is 0 Å². The Morgan fingerprint density at radius 1 is 1.37 bits per heavy atom. The maximum Gasteiger partial charge on any atom is 0.222 e. The van der Waals surface area contributed by atoms with Gasteiger partial charge in [-0.3, -0.25) is 9.69 Å². The van der Waals surface area contributed by atoms with Crippen molar-refractivity contribution in [3.05, 3.63) is 17.5 Å². The van der Waals surface area contributed by atoms with Crippen LogP contribution in [-0.4, -0.2) is 47.0 Å². The van der Waals surface area contributed by atoms with Crippen molar-refractivity contribution in [1.82, 2.24) is 15.0 Å². The van der Waals surface area contributed by atoms with Gasteiger partial charge < -0.3 is 9.42 Å². The number of aryl methyl sites for hydroxylation is 1. The summed E-state index contributed by atoms with van der Waals surface area (Å²) in [5, 5.41) is 3.89. The Labute approximate surface area is 114 Å². The third kappa shape index (κ3) is 4.06. The summed E-state index contributed by atoms with van der Waals surface area (Å²) in [5.74, 6) is 1.21. The van der Waals surface area contributed by atoms with Gasteiger partial charge in [0, 0.05) is 38.7 Å². The zero-order valence-electron chi connectivity index (χ0n) is 11.9. The summed E-state index contributed by atoms with van der Waals surface area (Å²) in [6, 6.07) is 1.97. The number of rotatable bonds is 5. The van der Waals surface area contributed by atoms with Gasteiger partial charge in [-0.1, -0.05) is 18.5 Å². The average molecular weight is 265 g/mol. The van der Waals surface area contributed by atoms with Crippen LogP contribution < -0.4 is 0 Å². The highest BCUT2D eigenvalue weighted by atomic mass is 16.5. The van der Waals surface area contributed by atoms with Gasteiger partial charge in [0.15, 0.2) is 5.76 Å². The van der Waals surface area contributed by atoms with Crippen LogP contribution in [-0.2, 0) is 11.3 Å². The molecule has 0 spiro atoms. The molecule has 0 radical (unpaired) electrons. The minimum absolute atomic E-state index is 0.303. The molecule has 2 rings (SSSR count). The molecule has 0 N–H and O–H groups in total. The van der Waals surface area contributed by atoms with Crippen molar-refractivity contribution in [3.63, 3.8) is 0 Å². The Kier molecular flexibility index (Phi) is 4.96. The maximum absolute atomic E-state index is 11.9. The van der Waals surface area contributed by atoms with Gasteiger partial charge in [0.1, 0.15) is 0 Å². The quantitative estimate of drug-likeness (QED) is 0.815. The highest BCUT2D eigenvalue weighted by Crippen LogP contribution is 2.11. The first-order valence-corrected chi connectivity index (χ1v) is 7.11. The Balaban J connectivity index is 1.74. The highest BCUT2D eigenvalue weighted by Gasteiger charge is 2.21. The van der Waals surface area contributed by atoms with Crippen molar-refractivity contribution in [2.75, 3.05) is 26.2 Å². The lowest BCUT2D eigenvalue weighted by Crippen LogP contribution is -2.48. The van der Waals surface area contributed by atoms with E-state index in [9.17, 15) is 4.79 Å². The van der Waals surface area contributed by atoms with Gasteiger partial charge in [-0.05, 0) is 13.3 Å². The Bertz CT molecular complexity index is 409. The summed E-state index contributed by atoms with van der Waals surface area (Å²) in [4.78, 5) is 16.2. The molecule has 0 bridgehead atoms. The van der Waals surface area contributed by atoms with Gasteiger partial charge in [-0.2, -0.15) is 0 Å². The van der Waals surface area contributed by atoms with Crippen LogP contribution in [0, 0.1) is 6.92 Å². The van der Waals surface area contributed by atoms with Crippen molar-refractivity contribution in [3.8, 4) is 0 Å². The van der Waals surface area contributed by atoms with E-state index in [1.807, 2.05) is 17.9 Å². The molecule has 1 saturated heterocycles. The number of aromatic nitrogens is 1. The third-order valence-electron chi connectivity index (χ3n) is 3.53. The molecular weight excluding hydrogens is 242 g/mol. The van der Waals surface area contributed by atoms with Crippen LogP contribution in [0.2, 0.25) is 0 Å². The van der Waals surface area contributed by atoms with Gasteiger partial charge >= 0.3 is 0 Å². The number of hydrogen-bond acceptors (Lipinski definition) is 4. The van der Waals surface area contributed by atoms with Gasteiger partial charge in [-0.25, -0.2) is 0 Å². The SMILES string of the molecule is CCCCC(=O)N1CCN(Cc2cc(C)no2)CC1. The van der Waals surface area contributed by atoms with E-state index in [-0.39, 0.29) is 0 Å². The van der Waals surface area contributed by atoms with Gasteiger partial charge in [0.2, 0.25) is 5.91 Å². The molecule has 1 aliphatic heterocycles. The fourth-order valence-electron chi connectivity index (χ4n) is 2.35. The van der Waals surface area contributed by atoms with Crippen LogP contribution in [0.4, 0.5) is 0 Å². The Morgan fingerprint density at radius 2 is 2.11 bits per heavy atom. The lowest BCUT2D eigenvalue weighted by molar-refractivity contribution is -0.133. The number of nitrogens with zero attached hydrogens (tertiary/aromatic N) is 3. The number of amides is 1. The second-order valence-electron chi connectivity index (χ2n) is 5.20. The van der Waals surface area contributed by atoms with Crippen LogP contribution in [0.1, 0.15) is 37.6 Å². The first-order chi connectivity index (χ1) is 9.19. The highest BCUT2D eigenvalue weighted by molar-refractivity contribution is 5.76. The molecule has 1 aromatic rings. The minimum Gasteiger partial charge on any atom is -0.360 e. The molecular formula is C14H23N3O2. The van der Waals surface area contributed by atoms with Crippen LogP contribution in [0.15, 0.2) is 10.6 Å². The predicted molar refractivity (Wildman–Crippen MR) is 72.6 cm³/mol. The van der Waals surface area contributed by atoms with E-state index in [0.717, 1.165) is 57.0 Å². The first-order valence-electron chi connectivity index (χ1n) is 7.11. The molecule has 2 heterocycles. The van der Waals surface area contributed by atoms with Crippen molar-refractivity contribution in [2.24, 2.45) is 0 Å². The zero-order valence-corrected chi connectivity index (χ0v) is 11.9. The molecule has 5 heteroatoms. The first kappa shape index (κ1) is 14.1. The predicted octanol–water partition coefficient (Wildman–Crippen LogP) is 1.82. The molecule has 19 heavy (non-hydrogen) atoms. The molecule has 5 nitrogen and oxygen atoms in total. The molecule has 1 aromatic heterocycles. The standard InChI is InChI=1S/C14H23N3O2/c1-3-4-5-14(18)17-8-6-16(7-9-17)11-13-10-12(2)15-19-13/h10H,3-9,11H2,1-2H3. The van der Waals surface area contributed by atoms with E-state index >= 15 is 0 Å². The molecule has 1 amide bonds. The van der Waals surface area contributed by atoms with E-state index in [2.05, 4.69) is 17.0 Å². The molecule has 0 aromatic carbocycles. The molecule has 0 saturated carbocycles. The smallest absolute Gasteiger partial charge is 0.222 e. The lowest BCUT2D eigenvalue weighted by atomic mass is 10.2. The van der Waals surface area contributed by atoms with Crippen LogP contribution in [0.25, 0.3) is 0 Å². The van der Waals surface area contributed by atoms with Crippen LogP contribution in [0.3, 0.4) is 0 Å². The van der Waals surface area contributed by atoms with E-state index < -0.39 is 0 Å². The normalized spacial score (nSPS) is 16.8. The largest absolute Gasteiger partial charge is 0.360 e. The fourth-order valence-corrected chi connectivity index (χ4v) is 2.35. The molecule has 106 valence electrons. The van der Waals surface area contributed by atoms with Crippen molar-refractivity contribution < 1.29 is 9.32 Å². The topological polar surface area (TPSA) is 49.6 Å². The monoisotopic (exact) mass is 265 g/mol. The van der Waals surface area contributed by atoms with Crippen LogP contribution in [0.5, 0.6) is 0 Å². The zero-order chi connectivity index (χ0) is 13.7. The number of carbonyl (C=O) groups is 1. The van der Waals surface area contributed by atoms with Crippen LogP contribution >= 0.6 is 0 Å². The summed E-state index contributed by atoms with van der Waals surface area (Å²) in [7, 11) is 0. The molecule has 1 aliphatic rings. The van der Waals surface area contributed by atoms with Crippen molar-refractivity contribution in [2.45, 2.75) is 39.7 Å². The summed E-state index contributed by atoms with van der Waals surface area (Å²) >= 11 is 0. The second-order valence-corrected chi connectivity index (χ2v) is 5.20. The third-order valence-corrected chi connectivity index (χ3v) is 3.53. The molecule has 0 atom stereocenters. The summed E-state index contributed by atoms with van der Waals surface area (Å²) < 4.78 is 5.22. The van der Waals surface area contributed by atoms with Gasteiger partial charge in [0.05, 0.1) is 12.2 Å². The summed E-state index contributed by atoms with van der Waals surface area (Å²) in [6.45, 7) is 8.32. The molecule has 0 unspecified atom stereocenters. The molecule has 0 aliphatic carbocycles. The Morgan fingerprint density at radius 3 is 2.68 bits per heavy atom. The lowest BCUT2D eigenvalue weighted by Gasteiger charge is -2.34. The summed E-state index contributed by atoms with van der Waals surface area (Å²) in [6.07, 6.45) is 2.77. The number of piperazine rings is 1. The van der Waals surface area contributed by atoms with E-state index in [4.69, 9.17) is 4.52 Å². The average Bonchev–Trinajstić information content (AvgIpc) is 2.82. The number of unbranched alkanes of at least 4 members (excludes halogenated alkanes) is 1. The van der Waals surface area contributed by atoms with E-state index in [1.54, 1.807) is 0 Å². The van der Waals surface area contributed by atoms with Crippen molar-refractivity contribution >= 4 is 5.91 Å². The number of hydrogen-bond donors (Lipinski definition) is 0. The Hall–Kier alpha value is -1.36. The maximum atomic E-state index is 11.9. The minimum atomic E-state index is 0.303. The van der Waals surface area contributed by atoms with Crippen molar-refractivity contribution in [1.29, 1.82) is 0 Å².